The Morgan fingerprint density at radius 3 is 2.28 bits per heavy atom. The van der Waals surface area contributed by atoms with E-state index in [0.29, 0.717) is 0 Å². The molecule has 0 aliphatic rings. The van der Waals surface area contributed by atoms with Gasteiger partial charge in [0.25, 0.3) is 3.79 Å². The van der Waals surface area contributed by atoms with Crippen molar-refractivity contribution in [2.75, 3.05) is 26.2 Å². The molecular formula is C10H11Cl3N2O3. The van der Waals surface area contributed by atoms with E-state index in [0.717, 1.165) is 0 Å². The van der Waals surface area contributed by atoms with E-state index in [4.69, 9.17) is 34.8 Å². The molecule has 18 heavy (non-hydrogen) atoms. The first kappa shape index (κ1) is 15.1. The Kier molecular flexibility index (Phi) is 4.53. The number of carbonyl (C=O) groups is 2. The minimum atomic E-state index is -2.06. The quantitative estimate of drug-likeness (QED) is 0.487. The van der Waals surface area contributed by atoms with Crippen molar-refractivity contribution in [3.8, 4) is 0 Å². The lowest BCUT2D eigenvalue weighted by atomic mass is 10.2. The number of alkyl halides is 3. The second-order valence-electron chi connectivity index (χ2n) is 3.62. The van der Waals surface area contributed by atoms with Gasteiger partial charge in [-0.15, -0.1) is 0 Å². The summed E-state index contributed by atoms with van der Waals surface area (Å²) in [7, 11) is 4.62. The van der Waals surface area contributed by atoms with Gasteiger partial charge in [-0.3, -0.25) is 9.47 Å². The van der Waals surface area contributed by atoms with Gasteiger partial charge in [-0.25, -0.2) is 4.79 Å². The fraction of sp³-hybridized carbons (Fsp3) is 0.400. The van der Waals surface area contributed by atoms with E-state index in [1.165, 1.54) is 24.0 Å². The van der Waals surface area contributed by atoms with Gasteiger partial charge in [0.15, 0.2) is 0 Å². The molecule has 0 spiro atoms. The van der Waals surface area contributed by atoms with Crippen LogP contribution in [-0.2, 0) is 4.74 Å². The molecular weight excluding hydrogens is 302 g/mol. The van der Waals surface area contributed by atoms with Crippen LogP contribution in [0.2, 0.25) is 0 Å². The van der Waals surface area contributed by atoms with Crippen molar-refractivity contribution in [3.05, 3.63) is 23.5 Å². The number of aromatic nitrogens is 1. The minimum Gasteiger partial charge on any atom is -0.464 e. The average molecular weight is 314 g/mol. The zero-order chi connectivity index (χ0) is 14.1. The van der Waals surface area contributed by atoms with Crippen molar-refractivity contribution in [2.24, 2.45) is 0 Å². The zero-order valence-corrected chi connectivity index (χ0v) is 12.2. The predicted octanol–water partition coefficient (Wildman–Crippen LogP) is 2.03. The molecule has 0 bridgehead atoms. The molecule has 0 saturated carbocycles. The predicted molar refractivity (Wildman–Crippen MR) is 70.5 cm³/mol. The Morgan fingerprint density at radius 2 is 1.89 bits per heavy atom. The Hall–Kier alpha value is -0.910. The second-order valence-corrected chi connectivity index (χ2v) is 5.91. The number of carbonyl (C=O) groups excluding carboxylic acids is 2. The molecule has 0 aromatic carbocycles. The first-order valence-corrected chi connectivity index (χ1v) is 5.91. The fourth-order valence-electron chi connectivity index (χ4n) is 1.33. The third-order valence-corrected chi connectivity index (χ3v) is 2.66. The summed E-state index contributed by atoms with van der Waals surface area (Å²) in [5.74, 6) is -1.30. The summed E-state index contributed by atoms with van der Waals surface area (Å²) in [6.45, 7) is 0. The Morgan fingerprint density at radius 1 is 1.33 bits per heavy atom. The summed E-state index contributed by atoms with van der Waals surface area (Å²) < 4.78 is 3.97. The number of methoxy groups -OCH3 is 1. The van der Waals surface area contributed by atoms with Crippen LogP contribution in [0.25, 0.3) is 0 Å². The monoisotopic (exact) mass is 312 g/mol. The van der Waals surface area contributed by atoms with E-state index in [2.05, 4.69) is 4.74 Å². The lowest BCUT2D eigenvalue weighted by Crippen LogP contribution is -2.28. The van der Waals surface area contributed by atoms with Gasteiger partial charge >= 0.3 is 5.97 Å². The van der Waals surface area contributed by atoms with Crippen LogP contribution >= 0.6 is 34.8 Å². The van der Waals surface area contributed by atoms with Crippen LogP contribution in [0.5, 0.6) is 0 Å². The van der Waals surface area contributed by atoms with Crippen molar-refractivity contribution in [2.45, 2.75) is 3.79 Å². The van der Waals surface area contributed by atoms with Gasteiger partial charge in [0.2, 0.25) is 5.78 Å². The number of Topliss-reactive ketones (excluding diaryl/α,β-unsaturated/α-hetero) is 1. The minimum absolute atomic E-state index is 0.115. The van der Waals surface area contributed by atoms with E-state index in [1.54, 1.807) is 19.1 Å². The normalized spacial score (nSPS) is 11.2. The SMILES string of the molecule is COC(=O)c1cc(C(=O)C(Cl)(Cl)Cl)cn1N(C)C. The highest BCUT2D eigenvalue weighted by Gasteiger charge is 2.33. The fourth-order valence-corrected chi connectivity index (χ4v) is 1.66. The number of hydrogen-bond acceptors (Lipinski definition) is 4. The Balaban J connectivity index is 3.27. The number of hydrogen-bond donors (Lipinski definition) is 0. The molecule has 1 heterocycles. The molecule has 5 nitrogen and oxygen atoms in total. The number of rotatable bonds is 3. The molecule has 100 valence electrons. The second kappa shape index (κ2) is 5.38. The number of esters is 1. The van der Waals surface area contributed by atoms with Gasteiger partial charge in [-0.1, -0.05) is 34.8 Å². The van der Waals surface area contributed by atoms with Crippen LogP contribution in [0.1, 0.15) is 20.8 Å². The Labute approximate surface area is 119 Å². The van der Waals surface area contributed by atoms with Crippen molar-refractivity contribution in [1.82, 2.24) is 4.68 Å². The van der Waals surface area contributed by atoms with Crippen LogP contribution < -0.4 is 5.01 Å². The molecule has 0 saturated heterocycles. The van der Waals surface area contributed by atoms with Crippen molar-refractivity contribution < 1.29 is 14.3 Å². The van der Waals surface area contributed by atoms with Gasteiger partial charge in [-0.2, -0.15) is 0 Å². The molecule has 0 N–H and O–H groups in total. The zero-order valence-electron chi connectivity index (χ0n) is 9.91. The van der Waals surface area contributed by atoms with Gasteiger partial charge in [0.05, 0.1) is 7.11 Å². The maximum absolute atomic E-state index is 11.8. The summed E-state index contributed by atoms with van der Waals surface area (Å²) in [6.07, 6.45) is 1.40. The van der Waals surface area contributed by atoms with Crippen LogP contribution in [0.15, 0.2) is 12.3 Å². The molecule has 0 fully saturated rings. The third-order valence-electron chi connectivity index (χ3n) is 2.15. The van der Waals surface area contributed by atoms with Crippen molar-refractivity contribution >= 4 is 46.6 Å². The van der Waals surface area contributed by atoms with E-state index in [1.807, 2.05) is 0 Å². The molecule has 0 aliphatic carbocycles. The molecule has 0 unspecified atom stereocenters. The van der Waals surface area contributed by atoms with E-state index in [9.17, 15) is 9.59 Å². The third kappa shape index (κ3) is 3.10. The van der Waals surface area contributed by atoms with Crippen LogP contribution in [0.4, 0.5) is 0 Å². The molecule has 1 aromatic heterocycles. The first-order valence-electron chi connectivity index (χ1n) is 4.78. The molecule has 8 heteroatoms. The highest BCUT2D eigenvalue weighted by Crippen LogP contribution is 2.31. The average Bonchev–Trinajstić information content (AvgIpc) is 2.70. The molecule has 1 aromatic rings. The largest absolute Gasteiger partial charge is 0.464 e. The van der Waals surface area contributed by atoms with Gasteiger partial charge in [0, 0.05) is 25.9 Å². The summed E-state index contributed by atoms with van der Waals surface area (Å²) >= 11 is 16.5. The number of nitrogens with zero attached hydrogens (tertiary/aromatic N) is 2. The first-order chi connectivity index (χ1) is 8.18. The maximum Gasteiger partial charge on any atom is 0.356 e. The Bertz CT molecular complexity index is 477. The van der Waals surface area contributed by atoms with Crippen LogP contribution in [-0.4, -0.2) is 41.4 Å². The van der Waals surface area contributed by atoms with Crippen LogP contribution in [0.3, 0.4) is 0 Å². The lowest BCUT2D eigenvalue weighted by Gasteiger charge is -2.16. The highest BCUT2D eigenvalue weighted by molar-refractivity contribution is 6.77. The molecule has 0 atom stereocenters. The highest BCUT2D eigenvalue weighted by atomic mass is 35.6. The number of ketones is 1. The van der Waals surface area contributed by atoms with Crippen molar-refractivity contribution in [1.29, 1.82) is 0 Å². The van der Waals surface area contributed by atoms with Gasteiger partial charge < -0.3 is 9.75 Å². The van der Waals surface area contributed by atoms with E-state index >= 15 is 0 Å². The van der Waals surface area contributed by atoms with Crippen LogP contribution in [0, 0.1) is 0 Å². The lowest BCUT2D eigenvalue weighted by molar-refractivity contribution is 0.0588. The summed E-state index contributed by atoms with van der Waals surface area (Å²) in [6, 6.07) is 1.32. The smallest absolute Gasteiger partial charge is 0.356 e. The van der Waals surface area contributed by atoms with E-state index in [-0.39, 0.29) is 11.3 Å². The van der Waals surface area contributed by atoms with Crippen molar-refractivity contribution in [3.63, 3.8) is 0 Å². The topological polar surface area (TPSA) is 51.5 Å². The number of ether oxygens (including phenoxy) is 1. The summed E-state index contributed by atoms with van der Waals surface area (Å²) in [5, 5.41) is 1.58. The summed E-state index contributed by atoms with van der Waals surface area (Å²) in [4.78, 5) is 23.3. The van der Waals surface area contributed by atoms with Gasteiger partial charge in [-0.05, 0) is 6.07 Å². The standard InChI is InChI=1S/C10H11Cl3N2O3/c1-14(2)15-5-6(8(16)10(11,12)13)4-7(15)9(17)18-3/h4-5H,1-3H3. The van der Waals surface area contributed by atoms with Gasteiger partial charge in [0.1, 0.15) is 5.69 Å². The summed E-state index contributed by atoms with van der Waals surface area (Å²) in [5.41, 5.74) is 0.282. The molecule has 0 aliphatic heterocycles. The number of halogens is 3. The van der Waals surface area contributed by atoms with E-state index < -0.39 is 15.5 Å². The maximum atomic E-state index is 11.8. The molecule has 0 radical (unpaired) electrons. The molecule has 0 amide bonds. The molecule has 1 rings (SSSR count).